The average Bonchev–Trinajstić information content (AvgIpc) is 3.56. The Labute approximate surface area is 234 Å². The lowest BCUT2D eigenvalue weighted by Crippen LogP contribution is -2.65. The van der Waals surface area contributed by atoms with Crippen molar-refractivity contribution in [3.8, 4) is 0 Å². The second kappa shape index (κ2) is 12.1. The summed E-state index contributed by atoms with van der Waals surface area (Å²) < 4.78 is 1.61. The van der Waals surface area contributed by atoms with Crippen molar-refractivity contribution in [2.75, 3.05) is 18.1 Å². The summed E-state index contributed by atoms with van der Waals surface area (Å²) in [7, 11) is 0. The Bertz CT molecular complexity index is 1030. The van der Waals surface area contributed by atoms with Crippen LogP contribution in [-0.4, -0.2) is 83.6 Å². The summed E-state index contributed by atoms with van der Waals surface area (Å²) in [6.07, 6.45) is 8.05. The minimum Gasteiger partial charge on any atom is -0.384 e. The highest BCUT2D eigenvalue weighted by atomic mass is 32.2. The highest BCUT2D eigenvalue weighted by Crippen LogP contribution is 2.36. The minimum atomic E-state index is -1.53. The Morgan fingerprint density at radius 1 is 1.26 bits per heavy atom. The normalized spacial score (nSPS) is 28.2. The number of thioether (sulfide) groups is 1. The van der Waals surface area contributed by atoms with E-state index in [2.05, 4.69) is 15.6 Å². The van der Waals surface area contributed by atoms with Gasteiger partial charge in [0.05, 0.1) is 23.5 Å². The number of aliphatic hydroxyl groups is 2. The summed E-state index contributed by atoms with van der Waals surface area (Å²) in [5, 5.41) is 32.6. The predicted molar refractivity (Wildman–Crippen MR) is 147 cm³/mol. The smallest absolute Gasteiger partial charge is 0.248 e. The number of nitrogens with two attached hydrogens (primary N) is 1. The molecule has 4 rings (SSSR count). The van der Waals surface area contributed by atoms with Crippen LogP contribution in [0.4, 0.5) is 0 Å². The van der Waals surface area contributed by atoms with Crippen molar-refractivity contribution in [1.82, 2.24) is 25.2 Å². The third-order valence-electron chi connectivity index (χ3n) is 8.68. The average molecular weight is 565 g/mol. The molecule has 2 unspecified atom stereocenters. The van der Waals surface area contributed by atoms with Crippen molar-refractivity contribution < 1.29 is 24.6 Å². The summed E-state index contributed by atoms with van der Waals surface area (Å²) in [5.74, 6) is 0.101. The van der Waals surface area contributed by atoms with Crippen LogP contribution < -0.4 is 11.1 Å². The molecule has 0 aromatic carbocycles. The van der Waals surface area contributed by atoms with Gasteiger partial charge < -0.3 is 26.2 Å². The van der Waals surface area contributed by atoms with Crippen molar-refractivity contribution in [3.05, 3.63) is 11.9 Å². The summed E-state index contributed by atoms with van der Waals surface area (Å²) in [5.41, 5.74) is 3.58. The molecule has 1 saturated carbocycles. The van der Waals surface area contributed by atoms with Gasteiger partial charge in [0.2, 0.25) is 17.7 Å². The summed E-state index contributed by atoms with van der Waals surface area (Å²) >= 11 is 1.55. The Hall–Kier alpha value is -2.18. The van der Waals surface area contributed by atoms with E-state index in [0.717, 1.165) is 31.4 Å². The number of nitrogens with one attached hydrogen (secondary N) is 1. The molecule has 3 aliphatic rings. The molecule has 0 bridgehead atoms. The number of aromatic nitrogens is 3. The first-order chi connectivity index (χ1) is 18.4. The van der Waals surface area contributed by atoms with Crippen LogP contribution in [0.2, 0.25) is 0 Å². The zero-order chi connectivity index (χ0) is 28.4. The lowest BCUT2D eigenvalue weighted by molar-refractivity contribution is -0.144. The molecule has 1 aromatic heterocycles. The standard InChI is InChI=1S/C27H44N6O5S/c1-17(12-18-8-5-4-6-9-18)25(37)32-15-19(33-21(14-29-31-33)26(2,3)38)13-20(32)24(36)30-27(22(34)23(28)35)10-7-11-39-16-27/h14,17-20,22,34,38H,4-13,15-16H2,1-3H3,(H2,28,35)(H,30,36)/t17-,19+,20+,22?,27?/m1/s1. The zero-order valence-electron chi connectivity index (χ0n) is 23.3. The molecular formula is C27H44N6O5S. The fraction of sp³-hybridized carbons (Fsp3) is 0.815. The number of carbonyl (C=O) groups excluding carboxylic acids is 3. The number of amides is 3. The van der Waals surface area contributed by atoms with E-state index < -0.39 is 35.1 Å². The monoisotopic (exact) mass is 564 g/mol. The quantitative estimate of drug-likeness (QED) is 0.350. The molecule has 12 heteroatoms. The van der Waals surface area contributed by atoms with Crippen LogP contribution >= 0.6 is 11.8 Å². The fourth-order valence-electron chi connectivity index (χ4n) is 6.54. The van der Waals surface area contributed by atoms with Crippen molar-refractivity contribution >= 4 is 29.5 Å². The fourth-order valence-corrected chi connectivity index (χ4v) is 7.77. The van der Waals surface area contributed by atoms with Crippen molar-refractivity contribution in [3.63, 3.8) is 0 Å². The second-order valence-corrected chi connectivity index (χ2v) is 13.4. The van der Waals surface area contributed by atoms with Gasteiger partial charge in [-0.3, -0.25) is 14.4 Å². The van der Waals surface area contributed by atoms with E-state index in [0.29, 0.717) is 23.8 Å². The second-order valence-electron chi connectivity index (χ2n) is 12.3. The first-order valence-corrected chi connectivity index (χ1v) is 15.4. The van der Waals surface area contributed by atoms with Crippen LogP contribution in [0, 0.1) is 11.8 Å². The lowest BCUT2D eigenvalue weighted by atomic mass is 9.83. The number of hydrogen-bond donors (Lipinski definition) is 4. The number of carbonyl (C=O) groups is 3. The molecule has 1 aliphatic carbocycles. The SMILES string of the molecule is C[C@H](CC1CCCCC1)C(=O)N1C[C@@H](n2nncc2C(C)(C)O)C[C@H]1C(=O)NC1(C(O)C(N)=O)CCCSC1. The van der Waals surface area contributed by atoms with Gasteiger partial charge in [-0.25, -0.2) is 4.68 Å². The maximum atomic E-state index is 13.9. The molecule has 3 fully saturated rings. The summed E-state index contributed by atoms with van der Waals surface area (Å²) in [4.78, 5) is 41.4. The lowest BCUT2D eigenvalue weighted by Gasteiger charge is -2.41. The molecule has 39 heavy (non-hydrogen) atoms. The van der Waals surface area contributed by atoms with Gasteiger partial charge in [0.25, 0.3) is 0 Å². The molecule has 1 aromatic rings. The van der Waals surface area contributed by atoms with Gasteiger partial charge in [-0.15, -0.1) is 5.10 Å². The molecule has 0 radical (unpaired) electrons. The van der Waals surface area contributed by atoms with E-state index in [9.17, 15) is 24.6 Å². The number of aliphatic hydroxyl groups excluding tert-OH is 1. The third-order valence-corrected chi connectivity index (χ3v) is 9.98. The molecule has 3 amide bonds. The highest BCUT2D eigenvalue weighted by molar-refractivity contribution is 7.99. The summed E-state index contributed by atoms with van der Waals surface area (Å²) in [6, 6.07) is -1.19. The number of primary amides is 1. The molecule has 2 aliphatic heterocycles. The van der Waals surface area contributed by atoms with Crippen LogP contribution in [-0.2, 0) is 20.0 Å². The molecule has 5 N–H and O–H groups in total. The van der Waals surface area contributed by atoms with E-state index in [1.54, 1.807) is 35.2 Å². The van der Waals surface area contributed by atoms with E-state index in [1.807, 2.05) is 6.92 Å². The van der Waals surface area contributed by atoms with Crippen LogP contribution in [0.15, 0.2) is 6.20 Å². The molecule has 0 spiro atoms. The van der Waals surface area contributed by atoms with Crippen molar-refractivity contribution in [2.24, 2.45) is 17.6 Å². The van der Waals surface area contributed by atoms with Crippen LogP contribution in [0.5, 0.6) is 0 Å². The van der Waals surface area contributed by atoms with Crippen molar-refractivity contribution in [1.29, 1.82) is 0 Å². The molecule has 218 valence electrons. The van der Waals surface area contributed by atoms with Crippen LogP contribution in [0.3, 0.4) is 0 Å². The number of rotatable bonds is 9. The first-order valence-electron chi connectivity index (χ1n) is 14.2. The maximum Gasteiger partial charge on any atom is 0.248 e. The Kier molecular flexibility index (Phi) is 9.27. The molecular weight excluding hydrogens is 520 g/mol. The zero-order valence-corrected chi connectivity index (χ0v) is 24.2. The number of likely N-dealkylation sites (tertiary alicyclic amines) is 1. The topological polar surface area (TPSA) is 164 Å². The predicted octanol–water partition coefficient (Wildman–Crippen LogP) is 1.48. The van der Waals surface area contributed by atoms with Crippen LogP contribution in [0.1, 0.15) is 90.3 Å². The van der Waals surface area contributed by atoms with Gasteiger partial charge in [0.1, 0.15) is 11.6 Å². The van der Waals surface area contributed by atoms with Gasteiger partial charge in [-0.1, -0.05) is 44.2 Å². The van der Waals surface area contributed by atoms with E-state index in [4.69, 9.17) is 5.73 Å². The van der Waals surface area contributed by atoms with Gasteiger partial charge >= 0.3 is 0 Å². The highest BCUT2D eigenvalue weighted by Gasteiger charge is 2.48. The summed E-state index contributed by atoms with van der Waals surface area (Å²) in [6.45, 7) is 5.48. The number of nitrogens with zero attached hydrogens (tertiary/aromatic N) is 4. The van der Waals surface area contributed by atoms with Crippen LogP contribution in [0.25, 0.3) is 0 Å². The Morgan fingerprint density at radius 2 is 1.97 bits per heavy atom. The van der Waals surface area contributed by atoms with E-state index in [-0.39, 0.29) is 30.8 Å². The third kappa shape index (κ3) is 6.59. The van der Waals surface area contributed by atoms with Gasteiger partial charge in [-0.2, -0.15) is 11.8 Å². The van der Waals surface area contributed by atoms with Crippen molar-refractivity contribution in [2.45, 2.75) is 108 Å². The van der Waals surface area contributed by atoms with E-state index in [1.165, 1.54) is 25.5 Å². The Balaban J connectivity index is 1.59. The molecule has 11 nitrogen and oxygen atoms in total. The van der Waals surface area contributed by atoms with Gasteiger partial charge in [0, 0.05) is 24.6 Å². The van der Waals surface area contributed by atoms with Gasteiger partial charge in [0.15, 0.2) is 6.10 Å². The molecule has 2 saturated heterocycles. The first kappa shape index (κ1) is 29.8. The van der Waals surface area contributed by atoms with E-state index >= 15 is 0 Å². The van der Waals surface area contributed by atoms with Gasteiger partial charge in [-0.05, 0) is 44.8 Å². The minimum absolute atomic E-state index is 0.0873. The number of hydrogen-bond acceptors (Lipinski definition) is 8. The maximum absolute atomic E-state index is 13.9. The Morgan fingerprint density at radius 3 is 2.59 bits per heavy atom. The largest absolute Gasteiger partial charge is 0.384 e. The molecule has 5 atom stereocenters. The molecule has 3 heterocycles.